The number of nitrogens with zero attached hydrogens (tertiary/aromatic N) is 3. The van der Waals surface area contributed by atoms with E-state index < -0.39 is 0 Å². The monoisotopic (exact) mass is 297 g/mol. The van der Waals surface area contributed by atoms with Gasteiger partial charge in [0.25, 0.3) is 5.91 Å². The second-order valence-corrected chi connectivity index (χ2v) is 5.88. The fourth-order valence-electron chi connectivity index (χ4n) is 1.36. The van der Waals surface area contributed by atoms with Crippen molar-refractivity contribution in [2.24, 2.45) is 0 Å². The molecule has 0 aliphatic carbocycles. The molecule has 2 rings (SSSR count). The van der Waals surface area contributed by atoms with Crippen LogP contribution in [0.15, 0.2) is 6.20 Å². The molecule has 6 nitrogen and oxygen atoms in total. The van der Waals surface area contributed by atoms with Crippen LogP contribution in [0, 0.1) is 0 Å². The van der Waals surface area contributed by atoms with E-state index in [1.165, 1.54) is 16.2 Å². The molecule has 8 heteroatoms. The Bertz CT molecular complexity index is 551. The van der Waals surface area contributed by atoms with Gasteiger partial charge in [-0.15, -0.1) is 21.5 Å². The van der Waals surface area contributed by atoms with Crippen molar-refractivity contribution in [1.29, 1.82) is 0 Å². The lowest BCUT2D eigenvalue weighted by molar-refractivity contribution is 0.0950. The molecular weight excluding hydrogens is 282 g/mol. The minimum atomic E-state index is -0.213. The first kappa shape index (κ1) is 13.9. The third-order valence-corrected chi connectivity index (χ3v) is 4.32. The number of hydrogen-bond donors (Lipinski definition) is 2. The molecule has 0 unspecified atom stereocenters. The van der Waals surface area contributed by atoms with Gasteiger partial charge in [0.2, 0.25) is 10.1 Å². The van der Waals surface area contributed by atoms with Gasteiger partial charge >= 0.3 is 0 Å². The van der Waals surface area contributed by atoms with E-state index in [0.29, 0.717) is 16.7 Å². The molecule has 0 saturated carbocycles. The largest absolute Gasteiger partial charge is 0.360 e. The van der Waals surface area contributed by atoms with Crippen LogP contribution in [0.3, 0.4) is 0 Å². The summed E-state index contributed by atoms with van der Waals surface area (Å²) in [7, 11) is 0. The number of nitrogens with one attached hydrogen (secondary N) is 2. The zero-order valence-corrected chi connectivity index (χ0v) is 12.4. The van der Waals surface area contributed by atoms with E-state index in [4.69, 9.17) is 0 Å². The van der Waals surface area contributed by atoms with E-state index in [9.17, 15) is 4.79 Å². The fourth-order valence-corrected chi connectivity index (χ4v) is 2.89. The highest BCUT2D eigenvalue weighted by Crippen LogP contribution is 2.16. The molecular formula is C11H15N5OS2. The minimum Gasteiger partial charge on any atom is -0.360 e. The summed E-state index contributed by atoms with van der Waals surface area (Å²) >= 11 is 2.86. The van der Waals surface area contributed by atoms with E-state index in [1.807, 2.05) is 13.1 Å². The average molecular weight is 297 g/mol. The summed E-state index contributed by atoms with van der Waals surface area (Å²) in [6, 6.07) is 0. The highest BCUT2D eigenvalue weighted by molar-refractivity contribution is 7.17. The normalized spacial score (nSPS) is 10.4. The van der Waals surface area contributed by atoms with E-state index in [-0.39, 0.29) is 5.91 Å². The number of aromatic nitrogens is 3. The quantitative estimate of drug-likeness (QED) is 0.851. The van der Waals surface area contributed by atoms with Crippen LogP contribution >= 0.6 is 22.7 Å². The fraction of sp³-hybridized carbons (Fsp3) is 0.455. The summed E-state index contributed by atoms with van der Waals surface area (Å²) < 4.78 is 0. The second-order valence-electron chi connectivity index (χ2n) is 3.70. The van der Waals surface area contributed by atoms with Crippen molar-refractivity contribution < 1.29 is 4.79 Å². The summed E-state index contributed by atoms with van der Waals surface area (Å²) in [5, 5.41) is 15.5. The predicted octanol–water partition coefficient (Wildman–Crippen LogP) is 1.92. The number of amides is 1. The smallest absolute Gasteiger partial charge is 0.282 e. The first-order valence-electron chi connectivity index (χ1n) is 6.02. The van der Waals surface area contributed by atoms with Crippen LogP contribution in [0.4, 0.5) is 5.13 Å². The van der Waals surface area contributed by atoms with E-state index in [2.05, 4.69) is 32.7 Å². The number of carbonyl (C=O) groups excluding carboxylic acids is 1. The van der Waals surface area contributed by atoms with Gasteiger partial charge in [-0.2, -0.15) is 0 Å². The summed E-state index contributed by atoms with van der Waals surface area (Å²) in [5.41, 5.74) is 0. The minimum absolute atomic E-state index is 0.213. The molecule has 0 fully saturated rings. The Balaban J connectivity index is 1.89. The maximum atomic E-state index is 11.9. The standard InChI is InChI=1S/C11H15N5OS2/c1-3-7-5-13-8(18-7)6-14-9(17)10-15-16-11(19-10)12-4-2/h5H,3-4,6H2,1-2H3,(H,12,16)(H,14,17). The number of carbonyl (C=O) groups is 1. The van der Waals surface area contributed by atoms with Crippen molar-refractivity contribution in [3.63, 3.8) is 0 Å². The Morgan fingerprint density at radius 1 is 1.32 bits per heavy atom. The Labute approximate surface area is 119 Å². The van der Waals surface area contributed by atoms with Gasteiger partial charge in [-0.1, -0.05) is 18.3 Å². The van der Waals surface area contributed by atoms with Crippen molar-refractivity contribution in [3.05, 3.63) is 21.1 Å². The van der Waals surface area contributed by atoms with Crippen molar-refractivity contribution in [2.45, 2.75) is 26.8 Å². The first-order chi connectivity index (χ1) is 9.22. The molecule has 0 spiro atoms. The lowest BCUT2D eigenvalue weighted by Gasteiger charge is -1.98. The van der Waals surface area contributed by atoms with Crippen LogP contribution in [-0.4, -0.2) is 27.6 Å². The Morgan fingerprint density at radius 2 is 2.16 bits per heavy atom. The molecule has 0 aliphatic rings. The molecule has 102 valence electrons. The lowest BCUT2D eigenvalue weighted by Crippen LogP contribution is -2.22. The van der Waals surface area contributed by atoms with Gasteiger partial charge in [0.15, 0.2) is 0 Å². The molecule has 0 bridgehead atoms. The van der Waals surface area contributed by atoms with Gasteiger partial charge in [0, 0.05) is 17.6 Å². The topological polar surface area (TPSA) is 79.8 Å². The number of aryl methyl sites for hydroxylation is 1. The zero-order valence-electron chi connectivity index (χ0n) is 10.8. The van der Waals surface area contributed by atoms with Crippen molar-refractivity contribution in [3.8, 4) is 0 Å². The van der Waals surface area contributed by atoms with Gasteiger partial charge in [-0.3, -0.25) is 4.79 Å². The van der Waals surface area contributed by atoms with E-state index >= 15 is 0 Å². The van der Waals surface area contributed by atoms with Crippen molar-refractivity contribution in [2.75, 3.05) is 11.9 Å². The molecule has 0 atom stereocenters. The third kappa shape index (κ3) is 3.71. The summed E-state index contributed by atoms with van der Waals surface area (Å²) in [6.07, 6.45) is 2.81. The van der Waals surface area contributed by atoms with Crippen molar-refractivity contribution >= 4 is 33.7 Å². The highest BCUT2D eigenvalue weighted by atomic mass is 32.1. The van der Waals surface area contributed by atoms with Gasteiger partial charge < -0.3 is 10.6 Å². The summed E-state index contributed by atoms with van der Waals surface area (Å²) in [5.74, 6) is -0.213. The maximum Gasteiger partial charge on any atom is 0.282 e. The van der Waals surface area contributed by atoms with Gasteiger partial charge in [0.1, 0.15) is 5.01 Å². The molecule has 0 aromatic carbocycles. The molecule has 1 amide bonds. The number of thiazole rings is 1. The van der Waals surface area contributed by atoms with Crippen molar-refractivity contribution in [1.82, 2.24) is 20.5 Å². The van der Waals surface area contributed by atoms with Crippen LogP contribution in [0.25, 0.3) is 0 Å². The molecule has 2 aromatic rings. The zero-order chi connectivity index (χ0) is 13.7. The van der Waals surface area contributed by atoms with Crippen LogP contribution in [-0.2, 0) is 13.0 Å². The first-order valence-corrected chi connectivity index (χ1v) is 7.65. The van der Waals surface area contributed by atoms with Gasteiger partial charge in [-0.25, -0.2) is 4.98 Å². The summed E-state index contributed by atoms with van der Waals surface area (Å²) in [6.45, 7) is 5.24. The second kappa shape index (κ2) is 6.58. The predicted molar refractivity (Wildman–Crippen MR) is 76.7 cm³/mol. The number of anilines is 1. The number of hydrogen-bond acceptors (Lipinski definition) is 7. The molecule has 0 aliphatic heterocycles. The summed E-state index contributed by atoms with van der Waals surface area (Å²) in [4.78, 5) is 17.3. The molecule has 0 saturated heterocycles. The maximum absolute atomic E-state index is 11.9. The Kier molecular flexibility index (Phi) is 4.80. The number of rotatable bonds is 6. The van der Waals surface area contributed by atoms with Crippen LogP contribution in [0.2, 0.25) is 0 Å². The highest BCUT2D eigenvalue weighted by Gasteiger charge is 2.12. The SMILES string of the molecule is CCNc1nnc(C(=O)NCc2ncc(CC)s2)s1. The van der Waals surface area contributed by atoms with E-state index in [1.54, 1.807) is 11.3 Å². The lowest BCUT2D eigenvalue weighted by atomic mass is 10.4. The van der Waals surface area contributed by atoms with E-state index in [0.717, 1.165) is 18.0 Å². The van der Waals surface area contributed by atoms with Gasteiger partial charge in [0.05, 0.1) is 6.54 Å². The van der Waals surface area contributed by atoms with Crippen LogP contribution in [0.5, 0.6) is 0 Å². The molecule has 0 radical (unpaired) electrons. The van der Waals surface area contributed by atoms with Crippen LogP contribution in [0.1, 0.15) is 33.5 Å². The average Bonchev–Trinajstić information content (AvgIpc) is 3.05. The molecule has 2 N–H and O–H groups in total. The van der Waals surface area contributed by atoms with Gasteiger partial charge in [-0.05, 0) is 13.3 Å². The molecule has 2 aromatic heterocycles. The molecule has 19 heavy (non-hydrogen) atoms. The Morgan fingerprint density at radius 3 is 2.84 bits per heavy atom. The van der Waals surface area contributed by atoms with Crippen LogP contribution < -0.4 is 10.6 Å². The third-order valence-electron chi connectivity index (χ3n) is 2.30. The molecule has 2 heterocycles. The Hall–Kier alpha value is -1.54.